The van der Waals surface area contributed by atoms with Gasteiger partial charge in [-0.25, -0.2) is 8.42 Å². The summed E-state index contributed by atoms with van der Waals surface area (Å²) < 4.78 is 29.4. The normalized spacial score (nSPS) is 12.2. The van der Waals surface area contributed by atoms with E-state index in [2.05, 4.69) is 5.32 Å². The molecule has 0 radical (unpaired) electrons. The molecule has 0 spiro atoms. The number of aryl methyl sites for hydroxylation is 3. The van der Waals surface area contributed by atoms with Crippen molar-refractivity contribution in [1.82, 2.24) is 10.2 Å². The second-order valence-electron chi connectivity index (χ2n) is 10.9. The second-order valence-corrected chi connectivity index (χ2v) is 12.7. The second kappa shape index (κ2) is 14.3. The molecule has 3 rings (SSSR count). The van der Waals surface area contributed by atoms with Gasteiger partial charge in [0.2, 0.25) is 11.8 Å². The van der Waals surface area contributed by atoms with Crippen molar-refractivity contribution in [2.24, 2.45) is 5.92 Å². The summed E-state index contributed by atoms with van der Waals surface area (Å²) in [7, 11) is -4.10. The van der Waals surface area contributed by atoms with Crippen LogP contribution in [0.3, 0.4) is 0 Å². The van der Waals surface area contributed by atoms with Gasteiger partial charge in [-0.3, -0.25) is 13.9 Å². The summed E-state index contributed by atoms with van der Waals surface area (Å²) in [6.07, 6.45) is 0.977. The summed E-state index contributed by atoms with van der Waals surface area (Å²) in [6.45, 7) is 11.9. The number of benzene rings is 3. The fourth-order valence-corrected chi connectivity index (χ4v) is 6.09. The average molecular weight is 578 g/mol. The number of carbonyl (C=O) groups is 2. The molecule has 0 aliphatic carbocycles. The van der Waals surface area contributed by atoms with Crippen molar-refractivity contribution >= 4 is 27.5 Å². The van der Waals surface area contributed by atoms with E-state index in [-0.39, 0.29) is 23.3 Å². The fourth-order valence-electron chi connectivity index (χ4n) is 4.64. The van der Waals surface area contributed by atoms with Gasteiger partial charge in [-0.2, -0.15) is 0 Å². The van der Waals surface area contributed by atoms with E-state index in [1.807, 2.05) is 77.9 Å². The molecule has 220 valence electrons. The van der Waals surface area contributed by atoms with Crippen LogP contribution in [0.2, 0.25) is 0 Å². The van der Waals surface area contributed by atoms with Crippen LogP contribution in [0.25, 0.3) is 0 Å². The predicted molar refractivity (Wildman–Crippen MR) is 165 cm³/mol. The fraction of sp³-hybridized carbons (Fsp3) is 0.394. The van der Waals surface area contributed by atoms with Crippen molar-refractivity contribution < 1.29 is 18.0 Å². The van der Waals surface area contributed by atoms with E-state index >= 15 is 0 Å². The molecule has 3 aromatic rings. The Bertz CT molecular complexity index is 1420. The highest BCUT2D eigenvalue weighted by Crippen LogP contribution is 2.28. The van der Waals surface area contributed by atoms with Crippen LogP contribution in [0.5, 0.6) is 0 Å². The predicted octanol–water partition coefficient (Wildman–Crippen LogP) is 5.64. The van der Waals surface area contributed by atoms with Crippen LogP contribution in [0.15, 0.2) is 77.7 Å². The van der Waals surface area contributed by atoms with E-state index in [1.54, 1.807) is 36.4 Å². The van der Waals surface area contributed by atoms with Crippen LogP contribution in [0.4, 0.5) is 5.69 Å². The van der Waals surface area contributed by atoms with Crippen LogP contribution in [-0.4, -0.2) is 44.3 Å². The van der Waals surface area contributed by atoms with Crippen LogP contribution in [0, 0.1) is 19.8 Å². The molecule has 2 amide bonds. The molecule has 0 saturated carbocycles. The molecular formula is C33H43N3O4S. The number of rotatable bonds is 13. The number of para-hydroxylation sites is 1. The van der Waals surface area contributed by atoms with Gasteiger partial charge >= 0.3 is 0 Å². The molecule has 0 bridgehead atoms. The zero-order valence-electron chi connectivity index (χ0n) is 25.1. The standard InChI is InChI=1S/C33H43N3O4S/c1-7-28-11-9-10-12-31(28)36(41(39,40)29-19-15-26(6)16-20-29)23-32(37)35(22-27-17-13-25(5)14-18-27)30(8-2)33(38)34-21-24(3)4/h9-20,24,30H,7-8,21-23H2,1-6H3,(H,34,38). The van der Waals surface area contributed by atoms with Crippen molar-refractivity contribution in [2.45, 2.75) is 71.9 Å². The van der Waals surface area contributed by atoms with Crippen molar-refractivity contribution in [1.29, 1.82) is 0 Å². The lowest BCUT2D eigenvalue weighted by molar-refractivity contribution is -0.140. The Morgan fingerprint density at radius 3 is 2.00 bits per heavy atom. The molecule has 0 aliphatic heterocycles. The van der Waals surface area contributed by atoms with Gasteiger partial charge in [0.1, 0.15) is 12.6 Å². The lowest BCUT2D eigenvalue weighted by atomic mass is 10.1. The number of amides is 2. The summed E-state index contributed by atoms with van der Waals surface area (Å²) >= 11 is 0. The first kappa shape index (κ1) is 31.9. The monoisotopic (exact) mass is 577 g/mol. The zero-order valence-corrected chi connectivity index (χ0v) is 25.9. The van der Waals surface area contributed by atoms with Gasteiger partial charge < -0.3 is 10.2 Å². The van der Waals surface area contributed by atoms with E-state index in [4.69, 9.17) is 0 Å². The topological polar surface area (TPSA) is 86.8 Å². The molecule has 1 atom stereocenters. The molecule has 1 unspecified atom stereocenters. The van der Waals surface area contributed by atoms with Crippen molar-refractivity contribution in [3.05, 3.63) is 95.1 Å². The number of hydrogen-bond acceptors (Lipinski definition) is 4. The third kappa shape index (κ3) is 8.19. The number of anilines is 1. The first-order valence-electron chi connectivity index (χ1n) is 14.3. The average Bonchev–Trinajstić information content (AvgIpc) is 2.95. The number of hydrogen-bond donors (Lipinski definition) is 1. The Balaban J connectivity index is 2.08. The van der Waals surface area contributed by atoms with E-state index in [9.17, 15) is 18.0 Å². The summed E-state index contributed by atoms with van der Waals surface area (Å²) in [5, 5.41) is 2.96. The van der Waals surface area contributed by atoms with Crippen molar-refractivity contribution in [2.75, 3.05) is 17.4 Å². The highest BCUT2D eigenvalue weighted by molar-refractivity contribution is 7.92. The van der Waals surface area contributed by atoms with Gasteiger partial charge in [-0.15, -0.1) is 0 Å². The van der Waals surface area contributed by atoms with Crippen LogP contribution >= 0.6 is 0 Å². The molecule has 7 nitrogen and oxygen atoms in total. The quantitative estimate of drug-likeness (QED) is 0.285. The van der Waals surface area contributed by atoms with Gasteiger partial charge in [-0.1, -0.05) is 93.4 Å². The first-order chi connectivity index (χ1) is 19.5. The van der Waals surface area contributed by atoms with Crippen molar-refractivity contribution in [3.63, 3.8) is 0 Å². The van der Waals surface area contributed by atoms with Crippen LogP contribution in [0.1, 0.15) is 56.4 Å². The molecule has 0 heterocycles. The van der Waals surface area contributed by atoms with Gasteiger partial charge in [0, 0.05) is 13.1 Å². The maximum atomic E-state index is 14.2. The van der Waals surface area contributed by atoms with Gasteiger partial charge in [0.25, 0.3) is 10.0 Å². The number of nitrogens with one attached hydrogen (secondary N) is 1. The Labute approximate surface area is 245 Å². The Morgan fingerprint density at radius 1 is 0.854 bits per heavy atom. The molecule has 41 heavy (non-hydrogen) atoms. The molecular weight excluding hydrogens is 534 g/mol. The van der Waals surface area contributed by atoms with Gasteiger partial charge in [0.15, 0.2) is 0 Å². The zero-order chi connectivity index (χ0) is 30.2. The van der Waals surface area contributed by atoms with Gasteiger partial charge in [-0.05, 0) is 61.9 Å². The summed E-state index contributed by atoms with van der Waals surface area (Å²) in [5.41, 5.74) is 4.14. The van der Waals surface area contributed by atoms with E-state index in [0.717, 1.165) is 22.3 Å². The lowest BCUT2D eigenvalue weighted by Crippen LogP contribution is -2.52. The summed E-state index contributed by atoms with van der Waals surface area (Å²) in [6, 6.07) is 20.9. The van der Waals surface area contributed by atoms with Gasteiger partial charge in [0.05, 0.1) is 10.6 Å². The van der Waals surface area contributed by atoms with E-state index < -0.39 is 28.5 Å². The molecule has 0 aliphatic rings. The van der Waals surface area contributed by atoms with E-state index in [0.29, 0.717) is 25.1 Å². The minimum Gasteiger partial charge on any atom is -0.354 e. The SMILES string of the molecule is CCc1ccccc1N(CC(=O)N(Cc1ccc(C)cc1)C(CC)C(=O)NCC(C)C)S(=O)(=O)c1ccc(C)cc1. The molecule has 8 heteroatoms. The highest BCUT2D eigenvalue weighted by atomic mass is 32.2. The molecule has 0 fully saturated rings. The molecule has 1 N–H and O–H groups in total. The summed E-state index contributed by atoms with van der Waals surface area (Å²) in [5.74, 6) is -0.444. The molecule has 3 aromatic carbocycles. The summed E-state index contributed by atoms with van der Waals surface area (Å²) in [4.78, 5) is 29.2. The number of nitrogens with zero attached hydrogens (tertiary/aromatic N) is 2. The maximum Gasteiger partial charge on any atom is 0.264 e. The van der Waals surface area contributed by atoms with E-state index in [1.165, 1.54) is 9.21 Å². The largest absolute Gasteiger partial charge is 0.354 e. The van der Waals surface area contributed by atoms with Crippen molar-refractivity contribution in [3.8, 4) is 0 Å². The Hall–Kier alpha value is -3.65. The van der Waals surface area contributed by atoms with Crippen LogP contribution < -0.4 is 9.62 Å². The smallest absolute Gasteiger partial charge is 0.264 e. The van der Waals surface area contributed by atoms with Crippen LogP contribution in [-0.2, 0) is 32.6 Å². The Morgan fingerprint density at radius 2 is 1.44 bits per heavy atom. The number of carbonyl (C=O) groups excluding carboxylic acids is 2. The third-order valence-electron chi connectivity index (χ3n) is 7.07. The lowest BCUT2D eigenvalue weighted by Gasteiger charge is -2.34. The maximum absolute atomic E-state index is 14.2. The minimum absolute atomic E-state index is 0.105. The number of sulfonamides is 1. The Kier molecular flexibility index (Phi) is 11.1. The minimum atomic E-state index is -4.10. The molecule has 0 aromatic heterocycles. The highest BCUT2D eigenvalue weighted by Gasteiger charge is 2.34. The first-order valence-corrected chi connectivity index (χ1v) is 15.7. The molecule has 0 saturated heterocycles. The third-order valence-corrected chi connectivity index (χ3v) is 8.85.